The highest BCUT2D eigenvalue weighted by Gasteiger charge is 2.36. The normalized spacial score (nSPS) is 13.4. The Balaban J connectivity index is 2.36. The first-order valence-corrected chi connectivity index (χ1v) is 8.68. The fraction of sp³-hybridized carbons (Fsp3) is 0.238. The number of halogens is 6. The number of hydrogen-bond acceptors (Lipinski definition) is 2. The molecule has 0 amide bonds. The average molecular weight is 429 g/mol. The maximum absolute atomic E-state index is 13.0. The van der Waals surface area contributed by atoms with E-state index in [1.807, 2.05) is 0 Å². The second-order valence-corrected chi connectivity index (χ2v) is 6.45. The molecule has 30 heavy (non-hydrogen) atoms. The summed E-state index contributed by atoms with van der Waals surface area (Å²) in [5.41, 5.74) is -2.30. The zero-order chi connectivity index (χ0) is 22.5. The maximum atomic E-state index is 13.0. The van der Waals surface area contributed by atoms with Gasteiger partial charge < -0.3 is 5.11 Å². The Labute approximate surface area is 168 Å². The smallest absolute Gasteiger partial charge is 0.416 e. The lowest BCUT2D eigenvalue weighted by molar-refractivity contribution is -0.143. The van der Waals surface area contributed by atoms with Crippen molar-refractivity contribution in [1.82, 2.24) is 0 Å². The number of carbonyl (C=O) groups is 1. The van der Waals surface area contributed by atoms with Crippen molar-refractivity contribution in [2.45, 2.75) is 25.2 Å². The molecule has 1 atom stereocenters. The molecule has 1 N–H and O–H groups in total. The number of para-hydroxylation sites is 1. The maximum Gasteiger partial charge on any atom is 0.416 e. The van der Waals surface area contributed by atoms with Gasteiger partial charge in [-0.25, -0.2) is 0 Å². The van der Waals surface area contributed by atoms with Crippen molar-refractivity contribution < 1.29 is 36.2 Å². The van der Waals surface area contributed by atoms with Gasteiger partial charge in [0.25, 0.3) is 0 Å². The summed E-state index contributed by atoms with van der Waals surface area (Å²) in [4.78, 5) is 15.1. The minimum atomic E-state index is -4.95. The van der Waals surface area contributed by atoms with Crippen molar-refractivity contribution in [2.24, 2.45) is 10.9 Å². The molecule has 2 aromatic carbocycles. The lowest BCUT2D eigenvalue weighted by Gasteiger charge is -2.13. The highest BCUT2D eigenvalue weighted by Crippen LogP contribution is 2.36. The third-order valence-electron chi connectivity index (χ3n) is 4.28. The predicted octanol–water partition coefficient (Wildman–Crippen LogP) is 6.29. The second kappa shape index (κ2) is 9.15. The van der Waals surface area contributed by atoms with Gasteiger partial charge in [-0.1, -0.05) is 24.3 Å². The first-order valence-electron chi connectivity index (χ1n) is 8.68. The summed E-state index contributed by atoms with van der Waals surface area (Å²) in [6, 6.07) is 7.68. The van der Waals surface area contributed by atoms with Crippen molar-refractivity contribution in [3.8, 4) is 0 Å². The summed E-state index contributed by atoms with van der Waals surface area (Å²) in [7, 11) is 0. The molecule has 3 nitrogen and oxygen atoms in total. The molecule has 0 bridgehead atoms. The van der Waals surface area contributed by atoms with E-state index in [0.717, 1.165) is 6.21 Å². The van der Waals surface area contributed by atoms with Crippen molar-refractivity contribution in [3.63, 3.8) is 0 Å². The third kappa shape index (κ3) is 6.20. The summed E-state index contributed by atoms with van der Waals surface area (Å²) < 4.78 is 77.8. The largest absolute Gasteiger partial charge is 0.481 e. The molecule has 2 rings (SSSR count). The van der Waals surface area contributed by atoms with Crippen LogP contribution in [0.25, 0.3) is 0 Å². The Morgan fingerprint density at radius 2 is 1.60 bits per heavy atom. The number of hydrogen-bond donors (Lipinski definition) is 1. The van der Waals surface area contributed by atoms with Gasteiger partial charge in [-0.3, -0.25) is 9.79 Å². The SMILES string of the molecule is C=CC(CCc1ccccc1N=Cc1cc(C(F)(F)F)cc(C(F)(F)F)c1)C(=O)O. The summed E-state index contributed by atoms with van der Waals surface area (Å²) in [6.07, 6.45) is -7.18. The van der Waals surface area contributed by atoms with E-state index in [-0.39, 0.29) is 24.5 Å². The molecule has 0 aliphatic rings. The quantitative estimate of drug-likeness (QED) is 0.319. The fourth-order valence-corrected chi connectivity index (χ4v) is 2.70. The zero-order valence-electron chi connectivity index (χ0n) is 15.5. The molecule has 0 heterocycles. The van der Waals surface area contributed by atoms with Crippen LogP contribution in [0.3, 0.4) is 0 Å². The van der Waals surface area contributed by atoms with Crippen LogP contribution in [0.5, 0.6) is 0 Å². The number of rotatable bonds is 7. The molecule has 2 aromatic rings. The molecule has 0 aromatic heterocycles. The summed E-state index contributed by atoms with van der Waals surface area (Å²) in [5.74, 6) is -1.84. The van der Waals surface area contributed by atoms with Gasteiger partial charge in [0.05, 0.1) is 22.7 Å². The van der Waals surface area contributed by atoms with Gasteiger partial charge in [0.1, 0.15) is 0 Å². The number of carboxylic acid groups (broad SMARTS) is 1. The first kappa shape index (κ1) is 23.2. The Morgan fingerprint density at radius 3 is 2.10 bits per heavy atom. The van der Waals surface area contributed by atoms with Gasteiger partial charge in [-0.2, -0.15) is 26.3 Å². The van der Waals surface area contributed by atoms with E-state index >= 15 is 0 Å². The van der Waals surface area contributed by atoms with Crippen LogP contribution in [0.4, 0.5) is 32.0 Å². The molecule has 1 unspecified atom stereocenters. The van der Waals surface area contributed by atoms with Gasteiger partial charge in [-0.05, 0) is 48.2 Å². The summed E-state index contributed by atoms with van der Waals surface area (Å²) in [5, 5.41) is 9.07. The van der Waals surface area contributed by atoms with Gasteiger partial charge >= 0.3 is 18.3 Å². The van der Waals surface area contributed by atoms with Gasteiger partial charge in [-0.15, -0.1) is 6.58 Å². The van der Waals surface area contributed by atoms with Crippen LogP contribution in [0, 0.1) is 5.92 Å². The zero-order valence-corrected chi connectivity index (χ0v) is 15.5. The monoisotopic (exact) mass is 429 g/mol. The van der Waals surface area contributed by atoms with Crippen molar-refractivity contribution in [2.75, 3.05) is 0 Å². The number of aryl methyl sites for hydroxylation is 1. The van der Waals surface area contributed by atoms with Gasteiger partial charge in [0, 0.05) is 6.21 Å². The van der Waals surface area contributed by atoms with Crippen LogP contribution in [0.2, 0.25) is 0 Å². The molecule has 0 aliphatic carbocycles. The van der Waals surface area contributed by atoms with E-state index in [1.54, 1.807) is 18.2 Å². The molecule has 9 heteroatoms. The molecule has 0 saturated carbocycles. The molecular formula is C21H17F6NO2. The predicted molar refractivity (Wildman–Crippen MR) is 99.8 cm³/mol. The van der Waals surface area contributed by atoms with Gasteiger partial charge in [0.15, 0.2) is 0 Å². The minimum Gasteiger partial charge on any atom is -0.481 e. The topological polar surface area (TPSA) is 49.7 Å². The summed E-state index contributed by atoms with van der Waals surface area (Å²) in [6.45, 7) is 3.45. The number of nitrogens with zero attached hydrogens (tertiary/aromatic N) is 1. The lowest BCUT2D eigenvalue weighted by Crippen LogP contribution is -2.11. The van der Waals surface area contributed by atoms with Crippen LogP contribution < -0.4 is 0 Å². The molecular weight excluding hydrogens is 412 g/mol. The Morgan fingerprint density at radius 1 is 1.03 bits per heavy atom. The standard InChI is InChI=1S/C21H17F6NO2/c1-2-14(19(29)30)7-8-15-5-3-4-6-18(15)28-12-13-9-16(20(22,23)24)11-17(10-13)21(25,26)27/h2-6,9-12,14H,1,7-8H2,(H,29,30). The van der Waals surface area contributed by atoms with E-state index in [4.69, 9.17) is 5.11 Å². The number of alkyl halides is 6. The Kier molecular flexibility index (Phi) is 7.07. The number of carboxylic acids is 1. The van der Waals surface area contributed by atoms with Crippen LogP contribution >= 0.6 is 0 Å². The second-order valence-electron chi connectivity index (χ2n) is 6.45. The molecule has 0 spiro atoms. The molecule has 0 aliphatic heterocycles. The van der Waals surface area contributed by atoms with Crippen LogP contribution in [0.1, 0.15) is 28.7 Å². The van der Waals surface area contributed by atoms with E-state index in [1.165, 1.54) is 12.1 Å². The molecule has 0 saturated heterocycles. The Bertz CT molecular complexity index is 915. The number of benzene rings is 2. The lowest BCUT2D eigenvalue weighted by atomic mass is 9.98. The molecule has 0 fully saturated rings. The van der Waals surface area contributed by atoms with Crippen LogP contribution in [-0.4, -0.2) is 17.3 Å². The van der Waals surface area contributed by atoms with E-state index in [2.05, 4.69) is 11.6 Å². The van der Waals surface area contributed by atoms with Crippen LogP contribution in [-0.2, 0) is 23.6 Å². The van der Waals surface area contributed by atoms with E-state index in [9.17, 15) is 31.1 Å². The minimum absolute atomic E-state index is 0.0482. The molecule has 160 valence electrons. The first-order chi connectivity index (χ1) is 13.9. The van der Waals surface area contributed by atoms with Crippen molar-refractivity contribution >= 4 is 17.9 Å². The Hall–Kier alpha value is -3.10. The van der Waals surface area contributed by atoms with E-state index in [0.29, 0.717) is 23.4 Å². The van der Waals surface area contributed by atoms with Crippen LogP contribution in [0.15, 0.2) is 60.1 Å². The van der Waals surface area contributed by atoms with E-state index < -0.39 is 35.4 Å². The average Bonchev–Trinajstić information content (AvgIpc) is 2.65. The summed E-state index contributed by atoms with van der Waals surface area (Å²) >= 11 is 0. The van der Waals surface area contributed by atoms with Crippen molar-refractivity contribution in [3.05, 3.63) is 77.4 Å². The highest BCUT2D eigenvalue weighted by atomic mass is 19.4. The number of aliphatic imine (C=N–C) groups is 1. The highest BCUT2D eigenvalue weighted by molar-refractivity contribution is 5.83. The van der Waals surface area contributed by atoms with Crippen molar-refractivity contribution in [1.29, 1.82) is 0 Å². The number of aliphatic carboxylic acids is 1. The fourth-order valence-electron chi connectivity index (χ4n) is 2.70. The van der Waals surface area contributed by atoms with Gasteiger partial charge in [0.2, 0.25) is 0 Å². The third-order valence-corrected chi connectivity index (χ3v) is 4.28. The molecule has 0 radical (unpaired) electrons.